The Morgan fingerprint density at radius 3 is 1.28 bits per heavy atom. The predicted octanol–water partition coefficient (Wildman–Crippen LogP) is 2.22. The molecule has 0 bridgehead atoms. The Bertz CT molecular complexity index is 3520. The molecule has 6 saturated heterocycles. The van der Waals surface area contributed by atoms with Crippen LogP contribution < -0.4 is 20.7 Å². The van der Waals surface area contributed by atoms with Crippen molar-refractivity contribution in [2.24, 2.45) is 24.8 Å². The standard InChI is InChI=1S/C27H40N2O7.C26H39NO8.C24H37NO8/c1-5-17-21(30)20(28-3)23-24(22(17)31)35-25-27(33,36-23)26(32,13-15(2)34-25)12-8-9-16-14-29(4)19-11-7-6-10-18(16)19;1-4-17-20(28)19(27-3)22-23(21(17)29)34-24-26(31,35-22)25(30,13-14(2)33-24)10-5-6-15-7-8-16-9-11-32-18(16)12-15;1-4-16-18(27)17(25-3)20-21(19(16)28)32-22-24(30,33-20)23(29,12-13(2)31-22)10-6-8-14-7-5-9-15(26)11-14/h6-7,10-11,14-15,17,20-25,28,30-33H,5,8-9,12-13H2,1-4H3;7-8,12,14,17,19-24,27-31H,4-6,9-11,13H2,1-3H3;5,7,9,11,13,16-22,25-30H,4,6,8,10,12H2,1-3H3/t15-,17-,20+,21+,22+,23?,24?,25?,26+,27-;14-,17-,19+,20+,21+,22?,23?,24?,25+,26-;13-,16-,17+,18+,19+,20?,21?,22?,23+,24-/m111/s1. The lowest BCUT2D eigenvalue weighted by Gasteiger charge is -2.60. The maximum atomic E-state index is 11.9. The molecule has 3 saturated carbocycles. The number of nitrogens with one attached hydrogen (secondary N) is 3. The SMILES string of the molecule is CC[C@@H]1[C@H](O)[C@H](NC)C2O[C@]3(O)C(OC2[C@H]1O)O[C@H](C)C[C@@]3(O)CCCc1ccc2c(c1)OCC2.CC[C@@H]1[C@H](O)[C@H](NC)C2O[C@]3(O)C(OC2[C@H]1O)O[C@H](C)C[C@@]3(O)CCCc1cccc(O)c1.CC[C@@H]1[C@H](O)[C@H](NC)C2O[C@]3(O)C(OC2[C@H]1O)O[C@H](C)C[C@@]3(O)CCCc1cn(C)c2ccccc12. The highest BCUT2D eigenvalue weighted by Gasteiger charge is 2.72. The van der Waals surface area contributed by atoms with Crippen LogP contribution in [0.2, 0.25) is 0 Å². The van der Waals surface area contributed by atoms with Crippen LogP contribution in [0.4, 0.5) is 0 Å². The zero-order valence-corrected chi connectivity index (χ0v) is 61.6. The number of aromatic nitrogens is 1. The van der Waals surface area contributed by atoms with Gasteiger partial charge in [0.25, 0.3) is 0 Å². The van der Waals surface area contributed by atoms with Crippen LogP contribution in [0.3, 0.4) is 0 Å². The number of phenolic OH excluding ortho intramolecular Hbond substituents is 1. The molecule has 10 aliphatic rings. The van der Waals surface area contributed by atoms with Gasteiger partial charge in [0, 0.05) is 67.6 Å². The molecule has 14 rings (SSSR count). The molecule has 3 aliphatic carbocycles. The van der Waals surface area contributed by atoms with Crippen molar-refractivity contribution in [1.29, 1.82) is 0 Å². The maximum absolute atomic E-state index is 11.9. The number of rotatable bonds is 18. The second-order valence-corrected chi connectivity index (χ2v) is 31.3. The average molecular weight is 1470 g/mol. The van der Waals surface area contributed by atoms with E-state index in [0.717, 1.165) is 35.2 Å². The van der Waals surface area contributed by atoms with Gasteiger partial charge in [-0.1, -0.05) is 63.2 Å². The third-order valence-electron chi connectivity index (χ3n) is 24.7. The number of likely N-dealkylation sites (N-methyl/N-ethyl adjacent to an activating group) is 3. The molecule has 582 valence electrons. The Morgan fingerprint density at radius 2 is 0.875 bits per heavy atom. The number of aliphatic hydroxyl groups is 12. The van der Waals surface area contributed by atoms with Gasteiger partial charge in [0.15, 0.2) is 0 Å². The molecular formula is C77H116N4O23. The van der Waals surface area contributed by atoms with E-state index in [9.17, 15) is 66.4 Å². The number of phenols is 1. The summed E-state index contributed by atoms with van der Waals surface area (Å²) in [5.74, 6) is -6.63. The Hall–Kier alpha value is -4.16. The van der Waals surface area contributed by atoms with Gasteiger partial charge in [-0.05, 0) is 165 Å². The van der Waals surface area contributed by atoms with Gasteiger partial charge in [0.05, 0.1) is 79.7 Å². The molecule has 7 aliphatic heterocycles. The predicted molar refractivity (Wildman–Crippen MR) is 377 cm³/mol. The number of aromatic hydroxyl groups is 1. The van der Waals surface area contributed by atoms with Gasteiger partial charge in [-0.25, -0.2) is 0 Å². The summed E-state index contributed by atoms with van der Waals surface area (Å²) in [5, 5.41) is 156. The third-order valence-corrected chi connectivity index (χ3v) is 24.7. The summed E-state index contributed by atoms with van der Waals surface area (Å²) in [7, 11) is 7.09. The van der Waals surface area contributed by atoms with Crippen molar-refractivity contribution >= 4 is 10.9 Å². The molecule has 27 nitrogen and oxygen atoms in total. The van der Waals surface area contributed by atoms with Crippen LogP contribution in [0.5, 0.6) is 11.5 Å². The van der Waals surface area contributed by atoms with Crippen molar-refractivity contribution in [2.45, 2.75) is 307 Å². The molecule has 9 fully saturated rings. The Morgan fingerprint density at radius 1 is 0.471 bits per heavy atom. The third kappa shape index (κ3) is 14.5. The molecule has 27 heteroatoms. The topological polar surface area (TPSA) is 396 Å². The summed E-state index contributed by atoms with van der Waals surface area (Å²) in [6.45, 7) is 11.8. The maximum Gasteiger partial charge on any atom is 0.248 e. The highest BCUT2D eigenvalue weighted by Crippen LogP contribution is 2.53. The van der Waals surface area contributed by atoms with Crippen LogP contribution in [-0.4, -0.2) is 261 Å². The molecule has 16 N–H and O–H groups in total. The van der Waals surface area contributed by atoms with Gasteiger partial charge >= 0.3 is 0 Å². The number of hydrogen-bond donors (Lipinski definition) is 16. The minimum atomic E-state index is -2.17. The number of fused-ring (bicyclic) bond motifs is 8. The zero-order valence-electron chi connectivity index (χ0n) is 61.6. The van der Waals surface area contributed by atoms with Crippen LogP contribution in [0, 0.1) is 17.8 Å². The minimum absolute atomic E-state index is 0.133. The summed E-state index contributed by atoms with van der Waals surface area (Å²) >= 11 is 0. The summed E-state index contributed by atoms with van der Waals surface area (Å²) < 4.78 is 62.4. The quantitative estimate of drug-likeness (QED) is 0.0679. The zero-order chi connectivity index (χ0) is 74.8. The second kappa shape index (κ2) is 31.7. The number of hydrogen-bond acceptors (Lipinski definition) is 26. The highest BCUT2D eigenvalue weighted by atomic mass is 16.8. The number of aryl methyl sites for hydroxylation is 4. The molecule has 9 unspecified atom stereocenters. The van der Waals surface area contributed by atoms with E-state index < -0.39 is 168 Å². The lowest BCUT2D eigenvalue weighted by Crippen LogP contribution is -2.78. The van der Waals surface area contributed by atoms with E-state index in [1.165, 1.54) is 16.5 Å². The molecule has 8 heterocycles. The van der Waals surface area contributed by atoms with Crippen molar-refractivity contribution in [3.63, 3.8) is 0 Å². The summed E-state index contributed by atoms with van der Waals surface area (Å²) in [5.41, 5.74) is 0.627. The molecule has 104 heavy (non-hydrogen) atoms. The van der Waals surface area contributed by atoms with Crippen LogP contribution >= 0.6 is 0 Å². The van der Waals surface area contributed by atoms with Gasteiger partial charge in [0.1, 0.15) is 64.9 Å². The first-order valence-corrected chi connectivity index (χ1v) is 37.9. The molecule has 4 aromatic rings. The fraction of sp³-hybridized carbons (Fsp3) is 0.740. The van der Waals surface area contributed by atoms with E-state index in [1.54, 1.807) is 46.3 Å². The van der Waals surface area contributed by atoms with E-state index >= 15 is 0 Å². The largest absolute Gasteiger partial charge is 0.508 e. The van der Waals surface area contributed by atoms with Gasteiger partial charge < -0.3 is 134 Å². The Labute approximate surface area is 609 Å². The first-order valence-electron chi connectivity index (χ1n) is 37.9. The first kappa shape index (κ1) is 79.4. The Kier molecular flexibility index (Phi) is 24.2. The number of ether oxygens (including phenoxy) is 10. The van der Waals surface area contributed by atoms with Crippen LogP contribution in [0.25, 0.3) is 10.9 Å². The van der Waals surface area contributed by atoms with Crippen molar-refractivity contribution in [2.75, 3.05) is 27.7 Å². The van der Waals surface area contributed by atoms with Gasteiger partial charge in [-0.2, -0.15) is 0 Å². The summed E-state index contributed by atoms with van der Waals surface area (Å²) in [6.07, 6.45) is -6.13. The average Bonchev–Trinajstić information content (AvgIpc) is 0.787. The fourth-order valence-corrected chi connectivity index (χ4v) is 19.0. The molecule has 1 aromatic heterocycles. The lowest BCUT2D eigenvalue weighted by molar-refractivity contribution is -0.485. The highest BCUT2D eigenvalue weighted by molar-refractivity contribution is 5.83. The fourth-order valence-electron chi connectivity index (χ4n) is 19.0. The van der Waals surface area contributed by atoms with E-state index in [-0.39, 0.29) is 56.5 Å². The smallest absolute Gasteiger partial charge is 0.248 e. The van der Waals surface area contributed by atoms with Gasteiger partial charge in [0.2, 0.25) is 36.2 Å². The molecule has 0 radical (unpaired) electrons. The normalized spacial score (nSPS) is 44.2. The van der Waals surface area contributed by atoms with E-state index in [2.05, 4.69) is 51.0 Å². The van der Waals surface area contributed by atoms with E-state index in [4.69, 9.17) is 47.4 Å². The summed E-state index contributed by atoms with van der Waals surface area (Å²) in [6, 6.07) is 19.6. The lowest BCUT2D eigenvalue weighted by atomic mass is 9.73. The molecule has 0 amide bonds. The van der Waals surface area contributed by atoms with Crippen LogP contribution in [0.1, 0.15) is 141 Å². The van der Waals surface area contributed by atoms with Crippen LogP contribution in [0.15, 0.2) is 72.9 Å². The van der Waals surface area contributed by atoms with Crippen molar-refractivity contribution in [3.8, 4) is 11.5 Å². The molecule has 30 atom stereocenters. The monoisotopic (exact) mass is 1460 g/mol. The van der Waals surface area contributed by atoms with Crippen molar-refractivity contribution in [3.05, 3.63) is 95.2 Å². The Balaban J connectivity index is 0.000000147. The van der Waals surface area contributed by atoms with E-state index in [1.807, 2.05) is 65.9 Å². The van der Waals surface area contributed by atoms with Gasteiger partial charge in [-0.3, -0.25) is 0 Å². The molecular weight excluding hydrogens is 1350 g/mol. The number of aliphatic hydroxyl groups excluding tert-OH is 6. The van der Waals surface area contributed by atoms with Crippen LogP contribution in [-0.2, 0) is 75.4 Å². The van der Waals surface area contributed by atoms with Crippen molar-refractivity contribution in [1.82, 2.24) is 20.5 Å². The second-order valence-electron chi connectivity index (χ2n) is 31.3. The number of para-hydroxylation sites is 1. The first-order chi connectivity index (χ1) is 49.5. The minimum Gasteiger partial charge on any atom is -0.508 e. The number of nitrogens with zero attached hydrogens (tertiary/aromatic N) is 1. The van der Waals surface area contributed by atoms with E-state index in [0.29, 0.717) is 58.0 Å². The molecule has 3 aromatic carbocycles. The number of benzene rings is 3. The summed E-state index contributed by atoms with van der Waals surface area (Å²) in [4.78, 5) is 0. The van der Waals surface area contributed by atoms with Gasteiger partial charge in [-0.15, -0.1) is 0 Å². The van der Waals surface area contributed by atoms with Crippen molar-refractivity contribution < 1.29 is 114 Å². The molecule has 0 spiro atoms.